The maximum Gasteiger partial charge on any atom is 0.273 e. The Hall–Kier alpha value is -8.67. The molecule has 4 aliphatic rings. The van der Waals surface area contributed by atoms with Gasteiger partial charge in [-0.05, 0) is 140 Å². The van der Waals surface area contributed by atoms with Gasteiger partial charge in [0.25, 0.3) is 11.8 Å². The zero-order chi connectivity index (χ0) is 52.8. The van der Waals surface area contributed by atoms with Crippen molar-refractivity contribution in [2.45, 2.75) is 85.3 Å². The average Bonchev–Trinajstić information content (AvgIpc) is 4.23. The number of anilines is 2. The predicted molar refractivity (Wildman–Crippen MR) is 287 cm³/mol. The van der Waals surface area contributed by atoms with E-state index in [2.05, 4.69) is 58.2 Å². The molecule has 4 aliphatic heterocycles. The van der Waals surface area contributed by atoms with Crippen LogP contribution in [-0.4, -0.2) is 72.5 Å². The number of nitrogens with one attached hydrogen (secondary N) is 1. The number of nitrogens with zero attached hydrogens (tertiary/aromatic N) is 6. The minimum Gasteiger partial charge on any atom is -0.454 e. The topological polar surface area (TPSA) is 236 Å². The van der Waals surface area contributed by atoms with Crippen LogP contribution in [-0.2, 0) is 32.7 Å². The van der Waals surface area contributed by atoms with Gasteiger partial charge in [-0.25, -0.2) is 19.9 Å². The zero-order valence-electron chi connectivity index (χ0n) is 42.7. The van der Waals surface area contributed by atoms with E-state index in [1.54, 1.807) is 28.0 Å². The number of nitrogen functional groups attached to an aromatic ring is 2. The van der Waals surface area contributed by atoms with Gasteiger partial charge in [-0.1, -0.05) is 60.7 Å². The van der Waals surface area contributed by atoms with Crippen molar-refractivity contribution < 1.29 is 33.3 Å². The molecule has 8 aromatic rings. The van der Waals surface area contributed by atoms with Gasteiger partial charge in [0.1, 0.15) is 11.4 Å². The molecule has 0 atom stereocenters. The van der Waals surface area contributed by atoms with Crippen LogP contribution in [0.4, 0.5) is 11.9 Å². The van der Waals surface area contributed by atoms with E-state index in [1.165, 1.54) is 0 Å². The molecule has 382 valence electrons. The van der Waals surface area contributed by atoms with Crippen molar-refractivity contribution in [1.82, 2.24) is 35.1 Å². The number of carbonyl (C=O) groups is 3. The number of benzene rings is 6. The third-order valence-corrected chi connectivity index (χ3v) is 12.8. The minimum atomic E-state index is -0.219. The Morgan fingerprint density at radius 2 is 0.973 bits per heavy atom. The molecule has 0 unspecified atom stereocenters. The van der Waals surface area contributed by atoms with Gasteiger partial charge in [0, 0.05) is 60.1 Å². The molecular weight excluding hydrogens is 949 g/mol. The van der Waals surface area contributed by atoms with Gasteiger partial charge in [0.05, 0.1) is 11.0 Å². The van der Waals surface area contributed by atoms with Crippen molar-refractivity contribution in [2.75, 3.05) is 25.1 Å². The molecule has 17 heteroatoms. The van der Waals surface area contributed by atoms with Crippen LogP contribution < -0.4 is 41.5 Å². The smallest absolute Gasteiger partial charge is 0.273 e. The van der Waals surface area contributed by atoms with Crippen molar-refractivity contribution in [3.05, 3.63) is 154 Å². The van der Waals surface area contributed by atoms with E-state index in [1.807, 2.05) is 99.6 Å². The van der Waals surface area contributed by atoms with E-state index in [-0.39, 0.29) is 54.1 Å². The molecule has 0 bridgehead atoms. The van der Waals surface area contributed by atoms with Gasteiger partial charge in [-0.3, -0.25) is 14.4 Å². The zero-order valence-corrected chi connectivity index (χ0v) is 42.7. The Kier molecular flexibility index (Phi) is 13.3. The number of rotatable bonds is 7. The molecule has 0 fully saturated rings. The van der Waals surface area contributed by atoms with Gasteiger partial charge < -0.3 is 51.3 Å². The lowest BCUT2D eigenvalue weighted by Gasteiger charge is -2.22. The summed E-state index contributed by atoms with van der Waals surface area (Å²) in [5, 5.41) is 4.79. The second kappa shape index (κ2) is 20.0. The summed E-state index contributed by atoms with van der Waals surface area (Å²) in [5.74, 6) is 2.27. The van der Waals surface area contributed by atoms with Crippen LogP contribution in [0, 0.1) is 0 Å². The molecular formula is C58H58N10O7. The molecule has 7 N–H and O–H groups in total. The first kappa shape index (κ1) is 49.9. The first-order chi connectivity index (χ1) is 35.8. The van der Waals surface area contributed by atoms with Crippen molar-refractivity contribution in [3.63, 3.8) is 0 Å². The van der Waals surface area contributed by atoms with Crippen LogP contribution in [0.3, 0.4) is 0 Å². The number of ether oxygens (including phenoxy) is 4. The maximum atomic E-state index is 13.7. The predicted octanol–water partition coefficient (Wildman–Crippen LogP) is 8.97. The van der Waals surface area contributed by atoms with Crippen LogP contribution in [0.15, 0.2) is 109 Å². The summed E-state index contributed by atoms with van der Waals surface area (Å²) in [6.45, 7) is 15.4. The largest absolute Gasteiger partial charge is 0.454 e. The van der Waals surface area contributed by atoms with Gasteiger partial charge in [0.2, 0.25) is 25.5 Å². The van der Waals surface area contributed by atoms with Gasteiger partial charge >= 0.3 is 0 Å². The highest BCUT2D eigenvalue weighted by molar-refractivity contribution is 6.07. The third kappa shape index (κ3) is 10.9. The molecule has 2 amide bonds. The molecule has 0 radical (unpaired) electrons. The first-order valence-corrected chi connectivity index (χ1v) is 24.6. The van der Waals surface area contributed by atoms with Crippen molar-refractivity contribution in [2.24, 2.45) is 5.73 Å². The number of aromatic nitrogens is 4. The number of hydrogen-bond acceptors (Lipinski definition) is 15. The molecule has 6 heterocycles. The molecule has 6 aromatic carbocycles. The molecule has 2 aromatic heterocycles. The molecule has 0 saturated carbocycles. The molecule has 0 spiro atoms. The Bertz CT molecular complexity index is 3510. The molecule has 0 aliphatic carbocycles. The Morgan fingerprint density at radius 3 is 1.40 bits per heavy atom. The second-order valence-electron chi connectivity index (χ2n) is 20.9. The van der Waals surface area contributed by atoms with E-state index < -0.39 is 0 Å². The second-order valence-corrected chi connectivity index (χ2v) is 20.9. The van der Waals surface area contributed by atoms with E-state index >= 15 is 0 Å². The van der Waals surface area contributed by atoms with Crippen molar-refractivity contribution in [1.29, 1.82) is 0 Å². The van der Waals surface area contributed by atoms with Gasteiger partial charge in [0.15, 0.2) is 29.3 Å². The van der Waals surface area contributed by atoms with E-state index in [9.17, 15) is 14.4 Å². The highest BCUT2D eigenvalue weighted by atomic mass is 16.7. The highest BCUT2D eigenvalue weighted by Crippen LogP contribution is 2.41. The fraction of sp³-hybridized carbons (Fsp3) is 0.259. The van der Waals surface area contributed by atoms with E-state index in [4.69, 9.17) is 36.1 Å². The summed E-state index contributed by atoms with van der Waals surface area (Å²) >= 11 is 0. The summed E-state index contributed by atoms with van der Waals surface area (Å²) in [6.07, 6.45) is 0.772. The SMILES string of the molecule is CC(C)(C)N.CC(C)(C)NCc1cc2c(cc1-c1ccc3nc(N)nc(C(=O)N4Cc5ccccc5C4)c3c1)OCO2.Nc1nc(C(=O)N2Cc3ccccc3C2)c2cc(-c3cc4c(cc3C=O)OCO4)ccc2n1. The highest BCUT2D eigenvalue weighted by Gasteiger charge is 2.30. The summed E-state index contributed by atoms with van der Waals surface area (Å²) < 4.78 is 22.2. The van der Waals surface area contributed by atoms with Crippen molar-refractivity contribution in [3.8, 4) is 45.3 Å². The third-order valence-electron chi connectivity index (χ3n) is 12.8. The Balaban J connectivity index is 0.000000158. The molecule has 0 saturated heterocycles. The average molecular weight is 1010 g/mol. The number of carbonyl (C=O) groups excluding carboxylic acids is 3. The summed E-state index contributed by atoms with van der Waals surface area (Å²) in [6, 6.07) is 34.8. The molecule has 12 rings (SSSR count). The lowest BCUT2D eigenvalue weighted by atomic mass is 9.96. The van der Waals surface area contributed by atoms with Crippen LogP contribution in [0.25, 0.3) is 44.1 Å². The number of amides is 2. The normalized spacial score (nSPS) is 14.0. The van der Waals surface area contributed by atoms with Crippen LogP contribution in [0.1, 0.15) is 101 Å². The van der Waals surface area contributed by atoms with Crippen LogP contribution >= 0.6 is 0 Å². The monoisotopic (exact) mass is 1010 g/mol. The lowest BCUT2D eigenvalue weighted by molar-refractivity contribution is 0.0741. The maximum absolute atomic E-state index is 13.7. The quantitative estimate of drug-likeness (QED) is 0.109. The first-order valence-electron chi connectivity index (χ1n) is 24.6. The van der Waals surface area contributed by atoms with E-state index in [0.29, 0.717) is 88.6 Å². The number of aldehydes is 1. The van der Waals surface area contributed by atoms with Crippen LogP contribution in [0.2, 0.25) is 0 Å². The number of nitrogens with two attached hydrogens (primary N) is 3. The lowest BCUT2D eigenvalue weighted by Crippen LogP contribution is -2.35. The number of fused-ring (bicyclic) bond motifs is 6. The van der Waals surface area contributed by atoms with Gasteiger partial charge in [-0.2, -0.15) is 0 Å². The molecule has 17 nitrogen and oxygen atoms in total. The number of hydrogen-bond donors (Lipinski definition) is 4. The Morgan fingerprint density at radius 1 is 0.573 bits per heavy atom. The standard InChI is InChI=1S/C29H29N5O3.C25H18N4O4.C4H11N/c1-29(2,3)31-13-20-11-24-25(37-16-36-24)12-21(20)17-8-9-23-22(10-17)26(33-28(30)32-23)27(35)34-14-18-6-4-5-7-19(18)15-34;26-25-27-20-6-5-14(18-9-22-21(32-13-33-22)8-17(18)12-30)7-19(20)23(28-25)24(31)29-10-15-3-1-2-4-16(15)11-29;1-4(2,3)5/h4-12,31H,13-16H2,1-3H3,(H2,30,32,33);1-9,12H,10-11,13H2,(H2,26,27,28);5H2,1-3H3. The van der Waals surface area contributed by atoms with Crippen LogP contribution in [0.5, 0.6) is 23.0 Å². The minimum absolute atomic E-state index is 0. The van der Waals surface area contributed by atoms with E-state index in [0.717, 1.165) is 56.5 Å². The Labute approximate surface area is 434 Å². The van der Waals surface area contributed by atoms with Gasteiger partial charge in [-0.15, -0.1) is 0 Å². The van der Waals surface area contributed by atoms with Crippen molar-refractivity contribution >= 4 is 51.8 Å². The summed E-state index contributed by atoms with van der Waals surface area (Å²) in [4.78, 5) is 59.9. The summed E-state index contributed by atoms with van der Waals surface area (Å²) in [5.41, 5.74) is 28.4. The fourth-order valence-electron chi connectivity index (χ4n) is 9.27. The molecule has 75 heavy (non-hydrogen) atoms. The summed E-state index contributed by atoms with van der Waals surface area (Å²) in [7, 11) is 0. The fourth-order valence-corrected chi connectivity index (χ4v) is 9.27.